The van der Waals surface area contributed by atoms with Crippen LogP contribution in [0.4, 0.5) is 0 Å². The predicted molar refractivity (Wildman–Crippen MR) is 142 cm³/mol. The van der Waals surface area contributed by atoms with Crippen LogP contribution in [0.1, 0.15) is 93.4 Å². The van der Waals surface area contributed by atoms with Gasteiger partial charge in [-0.15, -0.1) is 0 Å². The van der Waals surface area contributed by atoms with Gasteiger partial charge in [0, 0.05) is 29.1 Å². The Kier molecular flexibility index (Phi) is 6.78. The smallest absolute Gasteiger partial charge is 0.246 e. The van der Waals surface area contributed by atoms with Crippen LogP contribution in [-0.4, -0.2) is 28.1 Å². The van der Waals surface area contributed by atoms with Crippen LogP contribution in [0.25, 0.3) is 0 Å². The van der Waals surface area contributed by atoms with Crippen LogP contribution < -0.4 is 5.48 Å². The van der Waals surface area contributed by atoms with E-state index in [1.807, 2.05) is 5.48 Å². The summed E-state index contributed by atoms with van der Waals surface area (Å²) < 4.78 is 0. The lowest BCUT2D eigenvalue weighted by Crippen LogP contribution is -2.53. The molecule has 200 valence electrons. The second-order valence-corrected chi connectivity index (χ2v) is 13.8. The van der Waals surface area contributed by atoms with Crippen LogP contribution in [0.2, 0.25) is 0 Å². The van der Waals surface area contributed by atoms with Crippen molar-refractivity contribution in [2.75, 3.05) is 0 Å². The van der Waals surface area contributed by atoms with Crippen LogP contribution in [0.15, 0.2) is 35.5 Å². The first-order chi connectivity index (χ1) is 16.6. The summed E-state index contributed by atoms with van der Waals surface area (Å²) in [6.07, 6.45) is 9.06. The molecule has 0 aromatic heterocycles. The van der Waals surface area contributed by atoms with Gasteiger partial charge < -0.3 is 5.11 Å². The molecule has 0 aromatic carbocycles. The van der Waals surface area contributed by atoms with Gasteiger partial charge >= 0.3 is 0 Å². The number of hydrogen-bond acceptors (Lipinski definition) is 4. The molecule has 0 radical (unpaired) electrons. The summed E-state index contributed by atoms with van der Waals surface area (Å²) in [6, 6.07) is 0. The fraction of sp³-hybridized carbons (Fsp3) is 0.742. The van der Waals surface area contributed by atoms with Crippen LogP contribution in [0.5, 0.6) is 0 Å². The molecule has 0 unspecified atom stereocenters. The summed E-state index contributed by atoms with van der Waals surface area (Å²) in [5.41, 5.74) is 4.64. The topological polar surface area (TPSA) is 86.6 Å². The van der Waals surface area contributed by atoms with Crippen LogP contribution >= 0.6 is 0 Å². The lowest BCUT2D eigenvalue weighted by Gasteiger charge is -2.59. The van der Waals surface area contributed by atoms with E-state index in [2.05, 4.69) is 67.2 Å². The van der Waals surface area contributed by atoms with Gasteiger partial charge in [-0.2, -0.15) is 0 Å². The van der Waals surface area contributed by atoms with Gasteiger partial charge in [0.2, 0.25) is 5.91 Å². The Hall–Kier alpha value is -1.72. The average molecular weight is 498 g/mol. The monoisotopic (exact) mass is 497 g/mol. The number of hydroxylamine groups is 1. The summed E-state index contributed by atoms with van der Waals surface area (Å²) >= 11 is 0. The van der Waals surface area contributed by atoms with E-state index in [-0.39, 0.29) is 33.5 Å². The number of ketones is 1. The van der Waals surface area contributed by atoms with Crippen molar-refractivity contribution >= 4 is 11.7 Å². The summed E-state index contributed by atoms with van der Waals surface area (Å²) in [4.78, 5) is 25.8. The number of aliphatic hydroxyl groups excluding tert-OH is 1. The van der Waals surface area contributed by atoms with Gasteiger partial charge in [-0.3, -0.25) is 14.8 Å². The van der Waals surface area contributed by atoms with Gasteiger partial charge in [0.25, 0.3) is 0 Å². The lowest BCUT2D eigenvalue weighted by atomic mass is 9.44. The Bertz CT molecular complexity index is 1020. The number of fused-ring (bicyclic) bond motifs is 5. The average Bonchev–Trinajstić information content (AvgIpc) is 3.02. The van der Waals surface area contributed by atoms with E-state index in [0.717, 1.165) is 24.8 Å². The molecule has 2 saturated carbocycles. The molecular weight excluding hydrogens is 450 g/mol. The quantitative estimate of drug-likeness (QED) is 0.233. The van der Waals surface area contributed by atoms with E-state index in [9.17, 15) is 19.9 Å². The molecule has 3 N–H and O–H groups in total. The third-order valence-electron chi connectivity index (χ3n) is 11.5. The zero-order valence-electron chi connectivity index (χ0n) is 23.4. The first-order valence-electron chi connectivity index (χ1n) is 13.9. The van der Waals surface area contributed by atoms with Crippen molar-refractivity contribution in [2.45, 2.75) is 99.5 Å². The molecule has 4 rings (SSSR count). The largest absolute Gasteiger partial charge is 0.393 e. The summed E-state index contributed by atoms with van der Waals surface area (Å²) in [5, 5.41) is 21.2. The highest BCUT2D eigenvalue weighted by molar-refractivity contribution is 5.86. The number of carbonyl (C=O) groups excluding carboxylic acids is 2. The minimum absolute atomic E-state index is 0.0637. The number of hydrogen-bond donors (Lipinski definition) is 3. The summed E-state index contributed by atoms with van der Waals surface area (Å²) in [5.74, 6) is -0.222. The molecule has 0 bridgehead atoms. The van der Waals surface area contributed by atoms with E-state index >= 15 is 0 Å². The number of carbonyl (C=O) groups is 2. The summed E-state index contributed by atoms with van der Waals surface area (Å²) in [7, 11) is 0. The number of Topliss-reactive ketones (excluding diaryl/α,β-unsaturated/α-hetero) is 1. The van der Waals surface area contributed by atoms with Crippen molar-refractivity contribution in [1.29, 1.82) is 0 Å². The second kappa shape index (κ2) is 8.94. The lowest BCUT2D eigenvalue weighted by molar-refractivity contribution is -0.139. The Morgan fingerprint density at radius 3 is 2.44 bits per heavy atom. The Morgan fingerprint density at radius 2 is 1.83 bits per heavy atom. The predicted octanol–water partition coefficient (Wildman–Crippen LogP) is 6.17. The Labute approximate surface area is 217 Å². The standard InChI is InChI=1S/C31H47NO4/c1-18(2)19(3)9-10-20(27(35)32-36)26-23(33)17-31(8)22-11-12-24-28(4,5)25(34)14-15-29(24,6)21(22)13-16-30(26,31)7/h11,13,18,20,23-24,26,33,36H,3,9-10,12,14-17H2,1-2,4-8H3,(H,32,35)/t20-,23+,24+,26+,29-,30-,31+/m1/s1. The molecule has 0 spiro atoms. The molecule has 5 nitrogen and oxygen atoms in total. The highest BCUT2D eigenvalue weighted by Crippen LogP contribution is 2.71. The molecule has 0 saturated heterocycles. The second-order valence-electron chi connectivity index (χ2n) is 13.8. The van der Waals surface area contributed by atoms with Crippen molar-refractivity contribution in [3.63, 3.8) is 0 Å². The van der Waals surface area contributed by atoms with Crippen molar-refractivity contribution in [1.82, 2.24) is 5.48 Å². The minimum Gasteiger partial charge on any atom is -0.393 e. The molecular formula is C31H47NO4. The summed E-state index contributed by atoms with van der Waals surface area (Å²) in [6.45, 7) is 19.5. The highest BCUT2D eigenvalue weighted by atomic mass is 16.5. The molecule has 4 aliphatic carbocycles. The van der Waals surface area contributed by atoms with Crippen molar-refractivity contribution in [3.8, 4) is 0 Å². The van der Waals surface area contributed by atoms with E-state index in [0.29, 0.717) is 37.4 Å². The van der Waals surface area contributed by atoms with E-state index < -0.39 is 17.9 Å². The first kappa shape index (κ1) is 27.3. The number of nitrogens with one attached hydrogen (secondary N) is 1. The van der Waals surface area contributed by atoms with Gasteiger partial charge in [-0.05, 0) is 72.3 Å². The van der Waals surface area contributed by atoms with Crippen molar-refractivity contribution in [3.05, 3.63) is 35.5 Å². The highest BCUT2D eigenvalue weighted by Gasteiger charge is 2.66. The number of aliphatic hydroxyl groups is 1. The van der Waals surface area contributed by atoms with Gasteiger partial charge in [-0.1, -0.05) is 72.8 Å². The van der Waals surface area contributed by atoms with Crippen LogP contribution in [0, 0.1) is 45.3 Å². The molecule has 7 atom stereocenters. The van der Waals surface area contributed by atoms with Gasteiger partial charge in [-0.25, -0.2) is 5.48 Å². The van der Waals surface area contributed by atoms with Crippen molar-refractivity contribution in [2.24, 2.45) is 45.3 Å². The van der Waals surface area contributed by atoms with E-state index in [1.54, 1.807) is 0 Å². The Balaban J connectivity index is 1.74. The molecule has 0 heterocycles. The maximum absolute atomic E-state index is 13.0. The molecule has 1 amide bonds. The number of rotatable bonds is 6. The fourth-order valence-corrected chi connectivity index (χ4v) is 8.82. The maximum Gasteiger partial charge on any atom is 0.246 e. The Morgan fingerprint density at radius 1 is 1.17 bits per heavy atom. The third kappa shape index (κ3) is 3.71. The zero-order valence-corrected chi connectivity index (χ0v) is 23.4. The van der Waals surface area contributed by atoms with Crippen LogP contribution in [0.3, 0.4) is 0 Å². The molecule has 36 heavy (non-hydrogen) atoms. The fourth-order valence-electron chi connectivity index (χ4n) is 8.82. The molecule has 0 aliphatic heterocycles. The molecule has 4 aliphatic rings. The maximum atomic E-state index is 13.0. The van der Waals surface area contributed by atoms with Gasteiger partial charge in [0.15, 0.2) is 0 Å². The van der Waals surface area contributed by atoms with Crippen molar-refractivity contribution < 1.29 is 19.9 Å². The number of amides is 1. The van der Waals surface area contributed by atoms with Gasteiger partial charge in [0.1, 0.15) is 5.78 Å². The normalized spacial score (nSPS) is 39.9. The molecule has 2 fully saturated rings. The first-order valence-corrected chi connectivity index (χ1v) is 13.9. The minimum atomic E-state index is -0.641. The SMILES string of the molecule is C=C(CC[C@@H](C(=O)NO)[C@H]1[C@@H](O)C[C@@]2(C)C3=CC[C@H]4C(C)(C)C(=O)CC[C@]4(C)C3=CC[C@]12C)C(C)C. The molecule has 0 aromatic rings. The van der Waals surface area contributed by atoms with E-state index in [1.165, 1.54) is 11.1 Å². The van der Waals surface area contributed by atoms with Crippen LogP contribution in [-0.2, 0) is 9.59 Å². The third-order valence-corrected chi connectivity index (χ3v) is 11.5. The number of allylic oxidation sites excluding steroid dienone is 5. The molecule has 5 heteroatoms. The zero-order chi connectivity index (χ0) is 26.8. The van der Waals surface area contributed by atoms with E-state index in [4.69, 9.17) is 0 Å². The van der Waals surface area contributed by atoms with Gasteiger partial charge in [0.05, 0.1) is 6.10 Å².